The summed E-state index contributed by atoms with van der Waals surface area (Å²) < 4.78 is 10.8. The van der Waals surface area contributed by atoms with Gasteiger partial charge >= 0.3 is 0 Å². The highest BCUT2D eigenvalue weighted by molar-refractivity contribution is 6.38. The number of carbonyl (C=O) groups excluding carboxylic acids is 3. The molecule has 0 aliphatic heterocycles. The summed E-state index contributed by atoms with van der Waals surface area (Å²) in [6.45, 7) is 1.57. The Morgan fingerprint density at radius 1 is 1.05 bits per heavy atom. The van der Waals surface area contributed by atoms with Crippen LogP contribution in [-0.2, 0) is 25.7 Å². The summed E-state index contributed by atoms with van der Waals surface area (Å²) in [5.41, 5.74) is 4.30. The van der Waals surface area contributed by atoms with E-state index in [9.17, 15) is 14.4 Å². The van der Waals surface area contributed by atoms with Gasteiger partial charge in [-0.05, 0) is 55.0 Å². The van der Waals surface area contributed by atoms with Gasteiger partial charge in [0.05, 0.1) is 28.5 Å². The van der Waals surface area contributed by atoms with Crippen LogP contribution in [0.4, 0.5) is 11.4 Å². The smallest absolute Gasteiger partial charge is 0.250 e. The third kappa shape index (κ3) is 8.29. The highest BCUT2D eigenvalue weighted by atomic mass is 35.5. The molecule has 0 radical (unpaired) electrons. The maximum absolute atomic E-state index is 12.9. The highest BCUT2D eigenvalue weighted by Crippen LogP contribution is 2.35. The number of benzene rings is 3. The zero-order chi connectivity index (χ0) is 30.9. The Morgan fingerprint density at radius 2 is 1.81 bits per heavy atom. The quantitative estimate of drug-likeness (QED) is 0.221. The van der Waals surface area contributed by atoms with Crippen molar-refractivity contribution < 1.29 is 23.9 Å². The molecule has 0 unspecified atom stereocenters. The lowest BCUT2D eigenvalue weighted by Gasteiger charge is -2.21. The molecule has 0 fully saturated rings. The molecule has 1 heterocycles. The summed E-state index contributed by atoms with van der Waals surface area (Å²) in [5, 5.41) is 5.89. The number of hydrogen-bond donors (Lipinski definition) is 2. The van der Waals surface area contributed by atoms with Gasteiger partial charge in [0.25, 0.3) is 0 Å². The van der Waals surface area contributed by atoms with Crippen molar-refractivity contribution in [1.29, 1.82) is 0 Å². The number of aromatic nitrogens is 2. The van der Waals surface area contributed by atoms with Crippen molar-refractivity contribution in [2.45, 2.75) is 13.5 Å². The second-order valence-electron chi connectivity index (χ2n) is 9.39. The van der Waals surface area contributed by atoms with Crippen LogP contribution in [-0.4, -0.2) is 55.0 Å². The molecule has 0 atom stereocenters. The van der Waals surface area contributed by atoms with Crippen LogP contribution in [0.2, 0.25) is 10.0 Å². The third-order valence-corrected chi connectivity index (χ3v) is 7.02. The maximum atomic E-state index is 12.9. The molecule has 4 aromatic rings. The van der Waals surface area contributed by atoms with Crippen LogP contribution in [0, 0.1) is 6.92 Å². The molecule has 43 heavy (non-hydrogen) atoms. The van der Waals surface area contributed by atoms with Gasteiger partial charge in [-0.3, -0.25) is 19.4 Å². The Hall–Kier alpha value is -4.51. The van der Waals surface area contributed by atoms with Gasteiger partial charge in [-0.15, -0.1) is 0 Å². The number of fused-ring (bicyclic) bond motifs is 1. The fraction of sp³-hybridized carbons (Fsp3) is 0.194. The number of nitrogens with one attached hydrogen (secondary N) is 2. The summed E-state index contributed by atoms with van der Waals surface area (Å²) in [6.07, 6.45) is 4.59. The highest BCUT2D eigenvalue weighted by Gasteiger charge is 2.19. The molecule has 3 aromatic carbocycles. The minimum Gasteiger partial charge on any atom is -0.486 e. The lowest BCUT2D eigenvalue weighted by molar-refractivity contribution is -0.122. The fourth-order valence-corrected chi connectivity index (χ4v) is 4.60. The summed E-state index contributed by atoms with van der Waals surface area (Å²) in [6, 6.07) is 15.6. The number of rotatable bonds is 11. The molecular weight excluding hydrogens is 593 g/mol. The van der Waals surface area contributed by atoms with Gasteiger partial charge in [-0.1, -0.05) is 41.4 Å². The predicted octanol–water partition coefficient (Wildman–Crippen LogP) is 5.20. The monoisotopic (exact) mass is 621 g/mol. The molecule has 222 valence electrons. The molecule has 0 saturated carbocycles. The van der Waals surface area contributed by atoms with Gasteiger partial charge < -0.3 is 25.0 Å². The van der Waals surface area contributed by atoms with Gasteiger partial charge in [0.1, 0.15) is 24.5 Å². The molecule has 10 nitrogen and oxygen atoms in total. The van der Waals surface area contributed by atoms with Gasteiger partial charge in [0.15, 0.2) is 0 Å². The zero-order valence-corrected chi connectivity index (χ0v) is 25.2. The first-order valence-corrected chi connectivity index (χ1v) is 13.8. The first kappa shape index (κ1) is 31.4. The van der Waals surface area contributed by atoms with Crippen molar-refractivity contribution in [3.63, 3.8) is 0 Å². The molecule has 0 saturated heterocycles. The number of methoxy groups -OCH3 is 1. The Morgan fingerprint density at radius 3 is 2.56 bits per heavy atom. The minimum atomic E-state index is -0.455. The van der Waals surface area contributed by atoms with E-state index in [0.717, 1.165) is 11.3 Å². The Kier molecular flexibility index (Phi) is 10.7. The van der Waals surface area contributed by atoms with E-state index in [4.69, 9.17) is 32.7 Å². The molecule has 0 aliphatic rings. The number of halogens is 2. The standard InChI is InChI=1S/C31H29Cl2N5O5/c1-19-15-34-24-5-4-6-26(31(24)36-19)43-17-22-23(32)12-13-25(30(22)33)38(2)29(41)16-35-27(39)14-9-20-7-10-21(11-8-20)37-28(40)18-42-3/h4-15H,16-18H2,1-3H3,(H,35,39)(H,37,40)/b14-9+. The lowest BCUT2D eigenvalue weighted by atomic mass is 10.2. The van der Waals surface area contributed by atoms with Gasteiger partial charge in [-0.25, -0.2) is 4.98 Å². The number of likely N-dealkylation sites (N-methyl/N-ethyl adjacent to an activating group) is 1. The van der Waals surface area contributed by atoms with Crippen LogP contribution in [0.15, 0.2) is 66.9 Å². The zero-order valence-electron chi connectivity index (χ0n) is 23.7. The molecular formula is C31H29Cl2N5O5. The molecule has 1 aromatic heterocycles. The van der Waals surface area contributed by atoms with E-state index in [1.807, 2.05) is 19.1 Å². The SMILES string of the molecule is COCC(=O)Nc1ccc(/C=C/C(=O)NCC(=O)N(C)c2ccc(Cl)c(COc3cccc4ncc(C)nc34)c2Cl)cc1. The Balaban J connectivity index is 1.35. The van der Waals surface area contributed by atoms with E-state index in [1.165, 1.54) is 18.1 Å². The van der Waals surface area contributed by atoms with Gasteiger partial charge in [0, 0.05) is 42.7 Å². The van der Waals surface area contributed by atoms with Crippen LogP contribution in [0.5, 0.6) is 5.75 Å². The number of anilines is 2. The van der Waals surface area contributed by atoms with Crippen LogP contribution >= 0.6 is 23.2 Å². The number of amides is 3. The summed E-state index contributed by atoms with van der Waals surface area (Å²) in [4.78, 5) is 47.1. The maximum Gasteiger partial charge on any atom is 0.250 e. The van der Waals surface area contributed by atoms with Crippen molar-refractivity contribution in [1.82, 2.24) is 15.3 Å². The van der Waals surface area contributed by atoms with Crippen molar-refractivity contribution in [2.24, 2.45) is 0 Å². The molecule has 3 amide bonds. The minimum absolute atomic E-state index is 0.0321. The van der Waals surface area contributed by atoms with E-state index in [2.05, 4.69) is 20.6 Å². The van der Waals surface area contributed by atoms with Crippen molar-refractivity contribution in [2.75, 3.05) is 37.5 Å². The summed E-state index contributed by atoms with van der Waals surface area (Å²) >= 11 is 13.1. The number of ether oxygens (including phenoxy) is 2. The van der Waals surface area contributed by atoms with Gasteiger partial charge in [-0.2, -0.15) is 0 Å². The van der Waals surface area contributed by atoms with Crippen LogP contribution in [0.25, 0.3) is 17.1 Å². The molecule has 0 spiro atoms. The lowest BCUT2D eigenvalue weighted by Crippen LogP contribution is -2.37. The van der Waals surface area contributed by atoms with Crippen LogP contribution in [0.3, 0.4) is 0 Å². The van der Waals surface area contributed by atoms with Crippen molar-refractivity contribution in [3.8, 4) is 5.75 Å². The molecule has 0 bridgehead atoms. The van der Waals surface area contributed by atoms with E-state index in [-0.39, 0.29) is 30.7 Å². The largest absolute Gasteiger partial charge is 0.486 e. The van der Waals surface area contributed by atoms with Crippen LogP contribution in [0.1, 0.15) is 16.8 Å². The molecule has 4 rings (SSSR count). The van der Waals surface area contributed by atoms with E-state index in [1.54, 1.807) is 61.8 Å². The van der Waals surface area contributed by atoms with Crippen LogP contribution < -0.4 is 20.3 Å². The average Bonchev–Trinajstić information content (AvgIpc) is 2.99. The Labute approximate surface area is 258 Å². The van der Waals surface area contributed by atoms with E-state index >= 15 is 0 Å². The van der Waals surface area contributed by atoms with Gasteiger partial charge in [0.2, 0.25) is 17.7 Å². The first-order chi connectivity index (χ1) is 20.7. The third-order valence-electron chi connectivity index (χ3n) is 6.24. The fourth-order valence-electron chi connectivity index (χ4n) is 3.99. The average molecular weight is 623 g/mol. The van der Waals surface area contributed by atoms with E-state index < -0.39 is 11.8 Å². The summed E-state index contributed by atoms with van der Waals surface area (Å²) in [7, 11) is 2.99. The number of hydrogen-bond acceptors (Lipinski definition) is 7. The number of carbonyl (C=O) groups is 3. The van der Waals surface area contributed by atoms with Crippen molar-refractivity contribution in [3.05, 3.63) is 93.7 Å². The molecule has 12 heteroatoms. The summed E-state index contributed by atoms with van der Waals surface area (Å²) in [5.74, 6) is -0.593. The number of nitrogens with zero attached hydrogens (tertiary/aromatic N) is 3. The Bertz CT molecular complexity index is 1680. The number of aryl methyl sites for hydroxylation is 1. The predicted molar refractivity (Wildman–Crippen MR) is 167 cm³/mol. The number of para-hydroxylation sites is 1. The first-order valence-electron chi connectivity index (χ1n) is 13.1. The topological polar surface area (TPSA) is 123 Å². The van der Waals surface area contributed by atoms with E-state index in [0.29, 0.717) is 38.7 Å². The molecule has 0 aliphatic carbocycles. The normalized spacial score (nSPS) is 11.0. The van der Waals surface area contributed by atoms with Crippen molar-refractivity contribution >= 4 is 69.4 Å². The second-order valence-corrected chi connectivity index (χ2v) is 10.2. The molecule has 2 N–H and O–H groups in total. The second kappa shape index (κ2) is 14.6.